The maximum absolute atomic E-state index is 13.9. The van der Waals surface area contributed by atoms with Gasteiger partial charge in [-0.05, 0) is 53.6 Å². The molecule has 3 aliphatic heterocycles. The second-order valence-corrected chi connectivity index (χ2v) is 10.0. The van der Waals surface area contributed by atoms with Gasteiger partial charge in [0.2, 0.25) is 17.7 Å². The van der Waals surface area contributed by atoms with Crippen molar-refractivity contribution in [2.75, 3.05) is 17.3 Å². The highest BCUT2D eigenvalue weighted by atomic mass is 35.5. The van der Waals surface area contributed by atoms with Crippen LogP contribution in [0, 0.1) is 11.8 Å². The summed E-state index contributed by atoms with van der Waals surface area (Å²) in [6.45, 7) is 0. The Morgan fingerprint density at radius 2 is 1.68 bits per heavy atom. The quantitative estimate of drug-likeness (QED) is 0.469. The Hall–Kier alpha value is -3.81. The van der Waals surface area contributed by atoms with E-state index in [2.05, 4.69) is 5.32 Å². The Labute approximate surface area is 223 Å². The summed E-state index contributed by atoms with van der Waals surface area (Å²) in [7, 11) is 1.49. The molecule has 0 radical (unpaired) electrons. The third-order valence-corrected chi connectivity index (χ3v) is 7.69. The lowest BCUT2D eigenvalue weighted by Gasteiger charge is -2.35. The van der Waals surface area contributed by atoms with Crippen LogP contribution in [0.3, 0.4) is 0 Å². The molecule has 3 aliphatic rings. The molecular formula is C28H21Cl2N3O4. The van der Waals surface area contributed by atoms with Gasteiger partial charge in [0.25, 0.3) is 0 Å². The van der Waals surface area contributed by atoms with E-state index >= 15 is 0 Å². The largest absolute Gasteiger partial charge is 0.495 e. The number of imide groups is 1. The highest BCUT2D eigenvalue weighted by Crippen LogP contribution is 2.53. The van der Waals surface area contributed by atoms with Gasteiger partial charge in [-0.25, -0.2) is 4.90 Å². The predicted octanol–water partition coefficient (Wildman–Crippen LogP) is 5.16. The number of fused-ring (bicyclic) bond motifs is 5. The minimum Gasteiger partial charge on any atom is -0.495 e. The van der Waals surface area contributed by atoms with E-state index in [4.69, 9.17) is 27.9 Å². The molecular weight excluding hydrogens is 513 g/mol. The van der Waals surface area contributed by atoms with Crippen molar-refractivity contribution in [3.63, 3.8) is 0 Å². The van der Waals surface area contributed by atoms with Gasteiger partial charge in [0, 0.05) is 16.2 Å². The average molecular weight is 534 g/mol. The molecule has 3 aromatic carbocycles. The fourth-order valence-electron chi connectivity index (χ4n) is 5.71. The maximum atomic E-state index is 13.9. The Morgan fingerprint density at radius 3 is 2.46 bits per heavy atom. The number of carbonyl (C=O) groups is 3. The Morgan fingerprint density at radius 1 is 0.919 bits per heavy atom. The first-order valence-electron chi connectivity index (χ1n) is 11.7. The zero-order chi connectivity index (χ0) is 25.8. The lowest BCUT2D eigenvalue weighted by Crippen LogP contribution is -2.46. The Balaban J connectivity index is 1.45. The lowest BCUT2D eigenvalue weighted by molar-refractivity contribution is -0.128. The van der Waals surface area contributed by atoms with E-state index in [9.17, 15) is 14.4 Å². The Kier molecular flexibility index (Phi) is 5.70. The van der Waals surface area contributed by atoms with Crippen LogP contribution in [0.15, 0.2) is 72.9 Å². The van der Waals surface area contributed by atoms with Gasteiger partial charge < -0.3 is 15.0 Å². The number of ether oxygens (including phenoxy) is 1. The molecule has 1 N–H and O–H groups in total. The molecule has 3 aromatic rings. The third kappa shape index (κ3) is 3.69. The van der Waals surface area contributed by atoms with Crippen LogP contribution in [0.5, 0.6) is 5.75 Å². The fraction of sp³-hybridized carbons (Fsp3) is 0.179. The SMILES string of the molecule is COc1ccc(Cl)cc1NC(=O)[C@@H]1[C@@H]2C(=O)N(c3cccc(Cl)c3)C(=O)[C@@H]2[C@@H]2c3ccccc3C=CN12. The fourth-order valence-corrected chi connectivity index (χ4v) is 6.07. The normalized spacial score (nSPS) is 23.5. The van der Waals surface area contributed by atoms with Crippen LogP contribution >= 0.6 is 23.2 Å². The van der Waals surface area contributed by atoms with Crippen molar-refractivity contribution in [1.82, 2.24) is 4.90 Å². The molecule has 6 rings (SSSR count). The van der Waals surface area contributed by atoms with Gasteiger partial charge in [-0.3, -0.25) is 14.4 Å². The Bertz CT molecular complexity index is 1490. The summed E-state index contributed by atoms with van der Waals surface area (Å²) < 4.78 is 5.39. The highest BCUT2D eigenvalue weighted by molar-refractivity contribution is 6.32. The molecule has 0 aliphatic carbocycles. The molecule has 186 valence electrons. The van der Waals surface area contributed by atoms with Gasteiger partial charge in [-0.1, -0.05) is 53.5 Å². The van der Waals surface area contributed by atoms with Crippen LogP contribution in [0.4, 0.5) is 11.4 Å². The minimum atomic E-state index is -0.941. The minimum absolute atomic E-state index is 0.354. The molecule has 7 nitrogen and oxygen atoms in total. The first-order valence-corrected chi connectivity index (χ1v) is 12.5. The summed E-state index contributed by atoms with van der Waals surface area (Å²) >= 11 is 12.3. The summed E-state index contributed by atoms with van der Waals surface area (Å²) in [6, 6.07) is 17.8. The van der Waals surface area contributed by atoms with Gasteiger partial charge in [0.1, 0.15) is 11.8 Å². The smallest absolute Gasteiger partial charge is 0.248 e. The van der Waals surface area contributed by atoms with Crippen LogP contribution in [0.25, 0.3) is 6.08 Å². The third-order valence-electron chi connectivity index (χ3n) is 7.22. The number of hydrogen-bond acceptors (Lipinski definition) is 5. The summed E-state index contributed by atoms with van der Waals surface area (Å²) in [5, 5.41) is 3.71. The van der Waals surface area contributed by atoms with Gasteiger partial charge in [0.05, 0.1) is 36.4 Å². The van der Waals surface area contributed by atoms with Crippen LogP contribution in [0.1, 0.15) is 17.2 Å². The van der Waals surface area contributed by atoms with Crippen molar-refractivity contribution in [1.29, 1.82) is 0 Å². The summed E-state index contributed by atoms with van der Waals surface area (Å²) in [5.74, 6) is -2.45. The van der Waals surface area contributed by atoms with E-state index in [0.717, 1.165) is 11.1 Å². The first-order chi connectivity index (χ1) is 17.9. The predicted molar refractivity (Wildman–Crippen MR) is 141 cm³/mol. The standard InChI is InChI=1S/C28H21Cl2N3O4/c1-37-21-10-9-17(30)14-20(21)31-26(34)25-23-22(24-19-8-3-2-5-15(19)11-12-32(24)25)27(35)33(28(23)36)18-7-4-6-16(29)13-18/h2-14,22-25H,1H3,(H,31,34)/t22-,23+,24-,25-/m0/s1. The second-order valence-electron chi connectivity index (χ2n) is 9.16. The molecule has 0 bridgehead atoms. The lowest BCUT2D eigenvalue weighted by atomic mass is 9.84. The van der Waals surface area contributed by atoms with Gasteiger partial charge in [-0.15, -0.1) is 0 Å². The van der Waals surface area contributed by atoms with Gasteiger partial charge in [0.15, 0.2) is 0 Å². The first kappa shape index (κ1) is 23.6. The summed E-state index contributed by atoms with van der Waals surface area (Å²) in [4.78, 5) is 44.6. The highest BCUT2D eigenvalue weighted by Gasteiger charge is 2.64. The van der Waals surface area contributed by atoms with E-state index in [1.165, 1.54) is 12.0 Å². The number of nitrogens with one attached hydrogen (secondary N) is 1. The van der Waals surface area contributed by atoms with Crippen LogP contribution in [-0.2, 0) is 14.4 Å². The van der Waals surface area contributed by atoms with E-state index < -0.39 is 35.7 Å². The number of methoxy groups -OCH3 is 1. The molecule has 0 unspecified atom stereocenters. The van der Waals surface area contributed by atoms with Crippen LogP contribution < -0.4 is 15.0 Å². The van der Waals surface area contributed by atoms with Crippen LogP contribution in [-0.4, -0.2) is 35.8 Å². The molecule has 37 heavy (non-hydrogen) atoms. The van der Waals surface area contributed by atoms with Crippen molar-refractivity contribution in [3.8, 4) is 5.75 Å². The number of benzene rings is 3. The van der Waals surface area contributed by atoms with Gasteiger partial charge in [-0.2, -0.15) is 0 Å². The molecule has 0 spiro atoms. The monoisotopic (exact) mass is 533 g/mol. The summed E-state index contributed by atoms with van der Waals surface area (Å²) in [5.41, 5.74) is 2.61. The van der Waals surface area contributed by atoms with Gasteiger partial charge >= 0.3 is 0 Å². The van der Waals surface area contributed by atoms with Crippen molar-refractivity contribution in [2.45, 2.75) is 12.1 Å². The van der Waals surface area contributed by atoms with E-state index in [-0.39, 0.29) is 5.91 Å². The molecule has 2 saturated heterocycles. The number of amides is 3. The molecule has 4 atom stereocenters. The molecule has 3 amide bonds. The van der Waals surface area contributed by atoms with Crippen molar-refractivity contribution >= 4 is 58.4 Å². The second kappa shape index (κ2) is 8.94. The van der Waals surface area contributed by atoms with Crippen molar-refractivity contribution in [3.05, 3.63) is 94.1 Å². The number of halogens is 2. The van der Waals surface area contributed by atoms with E-state index in [1.807, 2.05) is 35.2 Å². The van der Waals surface area contributed by atoms with Crippen molar-refractivity contribution < 1.29 is 19.1 Å². The zero-order valence-electron chi connectivity index (χ0n) is 19.6. The number of nitrogens with zero attached hydrogens (tertiary/aromatic N) is 2. The number of hydrogen-bond donors (Lipinski definition) is 1. The zero-order valence-corrected chi connectivity index (χ0v) is 21.1. The van der Waals surface area contributed by atoms with Crippen molar-refractivity contribution in [2.24, 2.45) is 11.8 Å². The number of carbonyl (C=O) groups excluding carboxylic acids is 3. The molecule has 2 fully saturated rings. The molecule has 3 heterocycles. The van der Waals surface area contributed by atoms with E-state index in [1.54, 1.807) is 48.7 Å². The number of anilines is 2. The molecule has 0 saturated carbocycles. The molecule has 9 heteroatoms. The average Bonchev–Trinajstić information content (AvgIpc) is 3.36. The topological polar surface area (TPSA) is 79.0 Å². The van der Waals surface area contributed by atoms with E-state index in [0.29, 0.717) is 27.2 Å². The maximum Gasteiger partial charge on any atom is 0.248 e. The summed E-state index contributed by atoms with van der Waals surface area (Å²) in [6.07, 6.45) is 3.70. The number of rotatable bonds is 4. The molecule has 0 aromatic heterocycles. The van der Waals surface area contributed by atoms with Crippen LogP contribution in [0.2, 0.25) is 10.0 Å².